The summed E-state index contributed by atoms with van der Waals surface area (Å²) >= 11 is 0. The second kappa shape index (κ2) is 17.2. The van der Waals surface area contributed by atoms with Crippen molar-refractivity contribution in [2.24, 2.45) is 0 Å². The van der Waals surface area contributed by atoms with Gasteiger partial charge in [-0.15, -0.1) is 0 Å². The monoisotopic (exact) mass is 408 g/mol. The molecule has 1 fully saturated rings. The van der Waals surface area contributed by atoms with Gasteiger partial charge in [0.15, 0.2) is 0 Å². The maximum Gasteiger partial charge on any atom is 0.243 e. The van der Waals surface area contributed by atoms with Gasteiger partial charge in [0, 0.05) is 13.2 Å². The number of nitrogens with one attached hydrogen (secondary N) is 2. The minimum atomic E-state index is -0.0937. The Labute approximate surface area is 175 Å². The standard InChI is InChI=1S/C23H40N2O4/c26-17-13-9-5-1-3-7-11-15-22(28)24-20-19-21(20)25-23(29)16-12-8-4-2-6-10-14-18-27/h11-12,15-16,20-21,26-27H,1-10,13-14,17-19H2,(H,24,28)(H,25,29)/b15-11+,16-12+/t20-,21+. The van der Waals surface area contributed by atoms with Crippen LogP contribution in [0.15, 0.2) is 24.3 Å². The molecule has 0 spiro atoms. The van der Waals surface area contributed by atoms with Gasteiger partial charge in [0.05, 0.1) is 12.1 Å². The Morgan fingerprint density at radius 1 is 0.655 bits per heavy atom. The molecule has 6 heteroatoms. The summed E-state index contributed by atoms with van der Waals surface area (Å²) in [5.41, 5.74) is 0. The molecule has 0 bridgehead atoms. The van der Waals surface area contributed by atoms with E-state index in [0.29, 0.717) is 0 Å². The van der Waals surface area contributed by atoms with E-state index >= 15 is 0 Å². The Balaban J connectivity index is 2.00. The molecule has 0 aromatic heterocycles. The predicted octanol–water partition coefficient (Wildman–Crippen LogP) is 3.14. The van der Waals surface area contributed by atoms with Gasteiger partial charge >= 0.3 is 0 Å². The fourth-order valence-electron chi connectivity index (χ4n) is 3.17. The van der Waals surface area contributed by atoms with Crippen molar-refractivity contribution < 1.29 is 19.8 Å². The van der Waals surface area contributed by atoms with E-state index in [1.807, 2.05) is 12.2 Å². The molecule has 1 rings (SSSR count). The third-order valence-electron chi connectivity index (χ3n) is 5.04. The molecule has 4 N–H and O–H groups in total. The van der Waals surface area contributed by atoms with Gasteiger partial charge in [0.1, 0.15) is 0 Å². The number of unbranched alkanes of at least 4 members (excludes halogenated alkanes) is 10. The summed E-state index contributed by atoms with van der Waals surface area (Å²) in [7, 11) is 0. The predicted molar refractivity (Wildman–Crippen MR) is 116 cm³/mol. The molecule has 0 unspecified atom stereocenters. The van der Waals surface area contributed by atoms with E-state index < -0.39 is 0 Å². The minimum Gasteiger partial charge on any atom is -0.396 e. The number of rotatable bonds is 18. The average molecular weight is 409 g/mol. The van der Waals surface area contributed by atoms with E-state index in [0.717, 1.165) is 83.5 Å². The first-order valence-corrected chi connectivity index (χ1v) is 11.3. The first-order valence-electron chi connectivity index (χ1n) is 11.3. The molecule has 0 saturated heterocycles. The van der Waals surface area contributed by atoms with Gasteiger partial charge in [-0.3, -0.25) is 9.59 Å². The Bertz CT molecular complexity index is 461. The lowest BCUT2D eigenvalue weighted by Crippen LogP contribution is -2.33. The molecule has 0 radical (unpaired) electrons. The molecule has 29 heavy (non-hydrogen) atoms. The van der Waals surface area contributed by atoms with Crippen LogP contribution in [-0.2, 0) is 9.59 Å². The van der Waals surface area contributed by atoms with E-state index in [2.05, 4.69) is 10.6 Å². The van der Waals surface area contributed by atoms with Crippen molar-refractivity contribution in [3.63, 3.8) is 0 Å². The third-order valence-corrected chi connectivity index (χ3v) is 5.04. The summed E-state index contributed by atoms with van der Waals surface area (Å²) in [4.78, 5) is 23.7. The molecule has 6 nitrogen and oxygen atoms in total. The summed E-state index contributed by atoms with van der Waals surface area (Å²) in [5.74, 6) is -0.187. The Kier molecular flexibility index (Phi) is 15.1. The van der Waals surface area contributed by atoms with Crippen LogP contribution in [0.4, 0.5) is 0 Å². The highest BCUT2D eigenvalue weighted by Crippen LogP contribution is 2.21. The number of hydrogen-bond donors (Lipinski definition) is 4. The van der Waals surface area contributed by atoms with Crippen LogP contribution in [-0.4, -0.2) is 47.3 Å². The Hall–Kier alpha value is -1.66. The molecule has 166 valence electrons. The molecule has 2 amide bonds. The highest BCUT2D eigenvalue weighted by molar-refractivity contribution is 5.89. The first kappa shape index (κ1) is 25.4. The first-order chi connectivity index (χ1) is 14.2. The van der Waals surface area contributed by atoms with Crippen LogP contribution in [0.3, 0.4) is 0 Å². The second-order valence-corrected chi connectivity index (χ2v) is 7.83. The maximum absolute atomic E-state index is 11.9. The van der Waals surface area contributed by atoms with Gasteiger partial charge in [0.25, 0.3) is 0 Å². The lowest BCUT2D eigenvalue weighted by atomic mass is 10.1. The van der Waals surface area contributed by atoms with Crippen LogP contribution < -0.4 is 10.6 Å². The maximum atomic E-state index is 11.9. The highest BCUT2D eigenvalue weighted by atomic mass is 16.3. The Morgan fingerprint density at radius 3 is 1.45 bits per heavy atom. The fourth-order valence-corrected chi connectivity index (χ4v) is 3.17. The Morgan fingerprint density at radius 2 is 1.03 bits per heavy atom. The van der Waals surface area contributed by atoms with Gasteiger partial charge in [-0.25, -0.2) is 0 Å². The smallest absolute Gasteiger partial charge is 0.243 e. The SMILES string of the molecule is O=C(/C=C/CCCCCCCO)N[C@H]1C[C@H]1NC(=O)/C=C/CCCCCCCO. The number of carbonyl (C=O) groups is 2. The highest BCUT2D eigenvalue weighted by Gasteiger charge is 2.38. The van der Waals surface area contributed by atoms with Gasteiger partial charge in [-0.05, 0) is 57.1 Å². The quantitative estimate of drug-likeness (QED) is 0.207. The topological polar surface area (TPSA) is 98.7 Å². The average Bonchev–Trinajstić information content (AvgIpc) is 3.42. The van der Waals surface area contributed by atoms with Crippen molar-refractivity contribution in [1.82, 2.24) is 10.6 Å². The number of carbonyl (C=O) groups excluding carboxylic acids is 2. The van der Waals surface area contributed by atoms with Crippen LogP contribution >= 0.6 is 0 Å². The summed E-state index contributed by atoms with van der Waals surface area (Å²) in [5, 5.41) is 23.3. The van der Waals surface area contributed by atoms with Crippen molar-refractivity contribution in [2.75, 3.05) is 13.2 Å². The van der Waals surface area contributed by atoms with Crippen LogP contribution in [0.5, 0.6) is 0 Å². The summed E-state index contributed by atoms with van der Waals surface area (Å²) in [6.45, 7) is 0.539. The van der Waals surface area contributed by atoms with Crippen LogP contribution in [0.2, 0.25) is 0 Å². The second-order valence-electron chi connectivity index (χ2n) is 7.83. The minimum absolute atomic E-state index is 0.0366. The zero-order chi connectivity index (χ0) is 21.2. The van der Waals surface area contributed by atoms with Crippen molar-refractivity contribution in [3.05, 3.63) is 24.3 Å². The van der Waals surface area contributed by atoms with Gasteiger partial charge in [-0.2, -0.15) is 0 Å². The molecule has 1 aliphatic carbocycles. The number of amides is 2. The molecule has 1 aliphatic rings. The van der Waals surface area contributed by atoms with E-state index in [-0.39, 0.29) is 37.1 Å². The molecule has 0 aliphatic heterocycles. The van der Waals surface area contributed by atoms with E-state index in [1.54, 1.807) is 12.2 Å². The van der Waals surface area contributed by atoms with Crippen LogP contribution in [0, 0.1) is 0 Å². The van der Waals surface area contributed by atoms with E-state index in [9.17, 15) is 9.59 Å². The lowest BCUT2D eigenvalue weighted by molar-refractivity contribution is -0.118. The zero-order valence-electron chi connectivity index (χ0n) is 17.8. The molecule has 2 atom stereocenters. The third kappa shape index (κ3) is 14.9. The van der Waals surface area contributed by atoms with Gasteiger partial charge in [-0.1, -0.05) is 50.7 Å². The van der Waals surface area contributed by atoms with E-state index in [4.69, 9.17) is 10.2 Å². The van der Waals surface area contributed by atoms with Crippen molar-refractivity contribution >= 4 is 11.8 Å². The summed E-state index contributed by atoms with van der Waals surface area (Å²) in [6, 6.07) is 0.0732. The summed E-state index contributed by atoms with van der Waals surface area (Å²) < 4.78 is 0. The molecular weight excluding hydrogens is 368 g/mol. The summed E-state index contributed by atoms with van der Waals surface area (Å²) in [6.07, 6.45) is 20.1. The number of hydrogen-bond acceptors (Lipinski definition) is 4. The van der Waals surface area contributed by atoms with Crippen molar-refractivity contribution in [1.29, 1.82) is 0 Å². The molecule has 1 saturated carbocycles. The van der Waals surface area contributed by atoms with Crippen LogP contribution in [0.1, 0.15) is 83.5 Å². The zero-order valence-corrected chi connectivity index (χ0v) is 17.8. The molecule has 0 aromatic carbocycles. The van der Waals surface area contributed by atoms with E-state index in [1.165, 1.54) is 0 Å². The normalized spacial score (nSPS) is 18.4. The molecule has 0 heterocycles. The van der Waals surface area contributed by atoms with Gasteiger partial charge in [0.2, 0.25) is 11.8 Å². The molecule has 0 aromatic rings. The lowest BCUT2D eigenvalue weighted by Gasteiger charge is -2.03. The fraction of sp³-hybridized carbons (Fsp3) is 0.739. The number of aliphatic hydroxyl groups is 2. The van der Waals surface area contributed by atoms with Crippen molar-refractivity contribution in [3.8, 4) is 0 Å². The van der Waals surface area contributed by atoms with Crippen molar-refractivity contribution in [2.45, 2.75) is 95.6 Å². The largest absolute Gasteiger partial charge is 0.396 e. The molecular formula is C23H40N2O4. The van der Waals surface area contributed by atoms with Crippen LogP contribution in [0.25, 0.3) is 0 Å². The van der Waals surface area contributed by atoms with Gasteiger partial charge < -0.3 is 20.8 Å². The number of aliphatic hydroxyl groups excluding tert-OH is 2. The number of allylic oxidation sites excluding steroid dienone is 2.